The zero-order valence-electron chi connectivity index (χ0n) is 8.20. The molecule has 1 heterocycles. The molecule has 0 amide bonds. The highest BCUT2D eigenvalue weighted by Crippen LogP contribution is 2.24. The van der Waals surface area contributed by atoms with E-state index in [1.807, 2.05) is 0 Å². The summed E-state index contributed by atoms with van der Waals surface area (Å²) < 4.78 is 18.2. The van der Waals surface area contributed by atoms with Gasteiger partial charge in [0, 0.05) is 5.56 Å². The number of halogens is 1. The van der Waals surface area contributed by atoms with E-state index in [9.17, 15) is 4.39 Å². The van der Waals surface area contributed by atoms with Crippen LogP contribution in [0.2, 0.25) is 0 Å². The number of oxazole rings is 1. The molecule has 1 aromatic heterocycles. The molecule has 4 heteroatoms. The molecule has 0 saturated heterocycles. The summed E-state index contributed by atoms with van der Waals surface area (Å²) in [4.78, 5) is 4.00. The Hall–Kier alpha value is -1.68. The number of nitrogens with zero attached hydrogens (tertiary/aromatic N) is 1. The highest BCUT2D eigenvalue weighted by molar-refractivity contribution is 5.59. The average molecular weight is 207 g/mol. The molecule has 15 heavy (non-hydrogen) atoms. The molecule has 0 radical (unpaired) electrons. The second-order valence-electron chi connectivity index (χ2n) is 3.19. The van der Waals surface area contributed by atoms with E-state index in [4.69, 9.17) is 9.52 Å². The van der Waals surface area contributed by atoms with Gasteiger partial charge in [0.2, 0.25) is 5.89 Å². The zero-order valence-corrected chi connectivity index (χ0v) is 8.20. The summed E-state index contributed by atoms with van der Waals surface area (Å²) >= 11 is 0. The van der Waals surface area contributed by atoms with E-state index in [2.05, 4.69) is 4.98 Å². The number of aliphatic hydroxyl groups is 1. The quantitative estimate of drug-likeness (QED) is 0.821. The maximum atomic E-state index is 13.0. The number of hydrogen-bond acceptors (Lipinski definition) is 3. The number of aromatic nitrogens is 1. The first kappa shape index (κ1) is 9.86. The summed E-state index contributed by atoms with van der Waals surface area (Å²) in [6, 6.07) is 6.07. The van der Waals surface area contributed by atoms with Crippen molar-refractivity contribution in [2.75, 3.05) is 0 Å². The fourth-order valence-electron chi connectivity index (χ4n) is 1.42. The first-order valence-corrected chi connectivity index (χ1v) is 4.54. The molecular formula is C11H10FNO2. The molecule has 0 bridgehead atoms. The van der Waals surface area contributed by atoms with Crippen molar-refractivity contribution in [3.63, 3.8) is 0 Å². The van der Waals surface area contributed by atoms with E-state index in [1.54, 1.807) is 19.1 Å². The minimum atomic E-state index is -0.325. The molecule has 0 atom stereocenters. The van der Waals surface area contributed by atoms with E-state index in [0.717, 1.165) is 0 Å². The van der Waals surface area contributed by atoms with Crippen LogP contribution in [0.4, 0.5) is 4.39 Å². The van der Waals surface area contributed by atoms with Crippen LogP contribution in [0, 0.1) is 12.7 Å². The Balaban J connectivity index is 2.48. The Kier molecular flexibility index (Phi) is 2.51. The Morgan fingerprint density at radius 1 is 1.47 bits per heavy atom. The monoisotopic (exact) mass is 207 g/mol. The molecule has 1 N–H and O–H groups in total. The molecule has 3 nitrogen and oxygen atoms in total. The lowest BCUT2D eigenvalue weighted by atomic mass is 10.1. The van der Waals surface area contributed by atoms with Gasteiger partial charge in [-0.25, -0.2) is 9.37 Å². The molecule has 0 aliphatic rings. The average Bonchev–Trinajstić information content (AvgIpc) is 2.60. The fraction of sp³-hybridized carbons (Fsp3) is 0.182. The second kappa shape index (κ2) is 3.82. The Morgan fingerprint density at radius 3 is 2.87 bits per heavy atom. The third-order valence-corrected chi connectivity index (χ3v) is 2.06. The Morgan fingerprint density at radius 2 is 2.27 bits per heavy atom. The van der Waals surface area contributed by atoms with E-state index in [0.29, 0.717) is 17.0 Å². The predicted octanol–water partition coefficient (Wildman–Crippen LogP) is 2.28. The van der Waals surface area contributed by atoms with Crippen molar-refractivity contribution < 1.29 is 13.9 Å². The van der Waals surface area contributed by atoms with Gasteiger partial charge in [0.05, 0.1) is 5.69 Å². The van der Waals surface area contributed by atoms with Gasteiger partial charge in [-0.3, -0.25) is 0 Å². The molecule has 0 fully saturated rings. The van der Waals surface area contributed by atoms with Crippen LogP contribution in [0.25, 0.3) is 11.3 Å². The predicted molar refractivity (Wildman–Crippen MR) is 52.6 cm³/mol. The molecule has 0 aliphatic carbocycles. The van der Waals surface area contributed by atoms with Gasteiger partial charge in [-0.2, -0.15) is 0 Å². The largest absolute Gasteiger partial charge is 0.438 e. The fourth-order valence-corrected chi connectivity index (χ4v) is 1.42. The van der Waals surface area contributed by atoms with Gasteiger partial charge in [0.25, 0.3) is 0 Å². The highest BCUT2D eigenvalue weighted by Gasteiger charge is 2.11. The number of aliphatic hydroxyl groups excluding tert-OH is 1. The molecule has 2 aromatic rings. The van der Waals surface area contributed by atoms with Crippen molar-refractivity contribution in [3.05, 3.63) is 41.7 Å². The van der Waals surface area contributed by atoms with Gasteiger partial charge in [0.15, 0.2) is 5.76 Å². The maximum Gasteiger partial charge on any atom is 0.220 e. The van der Waals surface area contributed by atoms with Crippen molar-refractivity contribution in [1.82, 2.24) is 4.98 Å². The molecule has 0 aliphatic heterocycles. The number of rotatable bonds is 2. The van der Waals surface area contributed by atoms with Crippen LogP contribution in [0.3, 0.4) is 0 Å². The lowest BCUT2D eigenvalue weighted by Gasteiger charge is -1.97. The topological polar surface area (TPSA) is 46.3 Å². The smallest absolute Gasteiger partial charge is 0.220 e. The lowest BCUT2D eigenvalue weighted by Crippen LogP contribution is -1.81. The maximum absolute atomic E-state index is 13.0. The first-order chi connectivity index (χ1) is 7.20. The SMILES string of the molecule is Cc1nc(CO)oc1-c1cccc(F)c1. The van der Waals surface area contributed by atoms with E-state index in [1.165, 1.54) is 12.1 Å². The summed E-state index contributed by atoms with van der Waals surface area (Å²) in [7, 11) is 0. The molecule has 0 saturated carbocycles. The van der Waals surface area contributed by atoms with Gasteiger partial charge in [-0.05, 0) is 19.1 Å². The van der Waals surface area contributed by atoms with Crippen molar-refractivity contribution in [3.8, 4) is 11.3 Å². The van der Waals surface area contributed by atoms with E-state index < -0.39 is 0 Å². The van der Waals surface area contributed by atoms with Gasteiger partial charge in [-0.1, -0.05) is 12.1 Å². The third-order valence-electron chi connectivity index (χ3n) is 2.06. The summed E-state index contributed by atoms with van der Waals surface area (Å²) in [5, 5.41) is 8.85. The molecule has 78 valence electrons. The van der Waals surface area contributed by atoms with Crippen molar-refractivity contribution in [2.24, 2.45) is 0 Å². The molecule has 2 rings (SSSR count). The van der Waals surface area contributed by atoms with Crippen LogP contribution in [-0.4, -0.2) is 10.1 Å². The van der Waals surface area contributed by atoms with Crippen molar-refractivity contribution in [2.45, 2.75) is 13.5 Å². The van der Waals surface area contributed by atoms with Gasteiger partial charge < -0.3 is 9.52 Å². The molecule has 0 unspecified atom stereocenters. The number of benzene rings is 1. The number of aryl methyl sites for hydroxylation is 1. The minimum absolute atomic E-state index is 0.242. The normalized spacial score (nSPS) is 10.6. The second-order valence-corrected chi connectivity index (χ2v) is 3.19. The van der Waals surface area contributed by atoms with Crippen LogP contribution in [0.15, 0.2) is 28.7 Å². The third kappa shape index (κ3) is 1.89. The summed E-state index contributed by atoms with van der Waals surface area (Å²) in [5.41, 5.74) is 1.27. The summed E-state index contributed by atoms with van der Waals surface area (Å²) in [6.07, 6.45) is 0. The first-order valence-electron chi connectivity index (χ1n) is 4.54. The molecule has 0 spiro atoms. The zero-order chi connectivity index (χ0) is 10.8. The summed E-state index contributed by atoms with van der Waals surface area (Å²) in [6.45, 7) is 1.50. The minimum Gasteiger partial charge on any atom is -0.438 e. The van der Waals surface area contributed by atoms with Crippen molar-refractivity contribution in [1.29, 1.82) is 0 Å². The van der Waals surface area contributed by atoms with Crippen LogP contribution < -0.4 is 0 Å². The van der Waals surface area contributed by atoms with Gasteiger partial charge >= 0.3 is 0 Å². The van der Waals surface area contributed by atoms with E-state index >= 15 is 0 Å². The van der Waals surface area contributed by atoms with Gasteiger partial charge in [-0.15, -0.1) is 0 Å². The van der Waals surface area contributed by atoms with Gasteiger partial charge in [0.1, 0.15) is 12.4 Å². The summed E-state index contributed by atoms with van der Waals surface area (Å²) in [5.74, 6) is 0.416. The van der Waals surface area contributed by atoms with Crippen LogP contribution in [-0.2, 0) is 6.61 Å². The Bertz CT molecular complexity index is 479. The van der Waals surface area contributed by atoms with E-state index in [-0.39, 0.29) is 18.3 Å². The lowest BCUT2D eigenvalue weighted by molar-refractivity contribution is 0.241. The standard InChI is InChI=1S/C11H10FNO2/c1-7-11(15-10(6-14)13-7)8-3-2-4-9(12)5-8/h2-5,14H,6H2,1H3. The van der Waals surface area contributed by atoms with Crippen molar-refractivity contribution >= 4 is 0 Å². The van der Waals surface area contributed by atoms with Crippen LogP contribution >= 0.6 is 0 Å². The van der Waals surface area contributed by atoms with Crippen LogP contribution in [0.5, 0.6) is 0 Å². The Labute approximate surface area is 86.2 Å². The molecule has 1 aromatic carbocycles. The number of hydrogen-bond donors (Lipinski definition) is 1. The van der Waals surface area contributed by atoms with Crippen LogP contribution in [0.1, 0.15) is 11.6 Å². The highest BCUT2D eigenvalue weighted by atomic mass is 19.1. The molecular weight excluding hydrogens is 197 g/mol.